The fourth-order valence-electron chi connectivity index (χ4n) is 8.47. The number of phosphoric ester groups is 1. The smallest absolute Gasteiger partial charge is 0.309 e. The third-order valence-corrected chi connectivity index (χ3v) is 13.8. The van der Waals surface area contributed by atoms with Crippen LogP contribution in [0.3, 0.4) is 0 Å². The molecule has 0 aliphatic carbocycles. The van der Waals surface area contributed by atoms with Gasteiger partial charge in [-0.15, -0.1) is 0 Å². The van der Waals surface area contributed by atoms with Crippen LogP contribution in [0, 0.1) is 5.92 Å². The zero-order valence-electron chi connectivity index (χ0n) is 43.2. The average molecular weight is 916 g/mol. The molecule has 0 spiro atoms. The predicted molar refractivity (Wildman–Crippen MR) is 268 cm³/mol. The molecule has 0 saturated heterocycles. The van der Waals surface area contributed by atoms with E-state index < -0.39 is 13.9 Å². The van der Waals surface area contributed by atoms with E-state index in [0.29, 0.717) is 17.6 Å². The van der Waals surface area contributed by atoms with Gasteiger partial charge >= 0.3 is 5.97 Å². The highest BCUT2D eigenvalue weighted by Crippen LogP contribution is 2.38. The Morgan fingerprint density at radius 1 is 0.444 bits per heavy atom. The first kappa shape index (κ1) is 62.5. The van der Waals surface area contributed by atoms with Crippen LogP contribution in [0.1, 0.15) is 278 Å². The summed E-state index contributed by atoms with van der Waals surface area (Å²) >= 11 is 0. The molecule has 0 radical (unpaired) electrons. The lowest BCUT2D eigenvalue weighted by Gasteiger charge is -2.28. The first-order valence-corrected chi connectivity index (χ1v) is 29.2. The standard InChI is InChI=1S/C54H110NO7P/c1-7-10-13-16-19-22-25-28-29-32-35-38-41-44-48-59-53(51-62-63(57,58)61-49-47-55(4,5)6)50-60-54(56)52(45-42-39-36-33-30-26-23-20-17-14-11-8-2)46-43-40-37-34-31-27-24-21-18-15-12-9-3/h52-53H,7-51H2,1-6H3/t53-/m0/s1. The van der Waals surface area contributed by atoms with E-state index in [1.54, 1.807) is 0 Å². The molecule has 0 amide bonds. The first-order valence-electron chi connectivity index (χ1n) is 27.7. The second-order valence-corrected chi connectivity index (χ2v) is 21.8. The molecule has 0 aliphatic rings. The molecule has 2 atom stereocenters. The van der Waals surface area contributed by atoms with Crippen molar-refractivity contribution in [3.8, 4) is 0 Å². The number of hydrogen-bond acceptors (Lipinski definition) is 7. The summed E-state index contributed by atoms with van der Waals surface area (Å²) in [5.41, 5.74) is 0. The van der Waals surface area contributed by atoms with E-state index in [1.165, 1.54) is 205 Å². The van der Waals surface area contributed by atoms with Crippen LogP contribution in [0.2, 0.25) is 0 Å². The Labute approximate surface area is 393 Å². The lowest BCUT2D eigenvalue weighted by Crippen LogP contribution is -2.37. The van der Waals surface area contributed by atoms with Crippen molar-refractivity contribution in [3.05, 3.63) is 0 Å². The number of quaternary nitrogens is 1. The molecule has 0 aromatic carbocycles. The van der Waals surface area contributed by atoms with Crippen LogP contribution in [0.15, 0.2) is 0 Å². The molecule has 0 aliphatic heterocycles. The van der Waals surface area contributed by atoms with Crippen molar-refractivity contribution in [2.75, 3.05) is 54.1 Å². The fourth-order valence-corrected chi connectivity index (χ4v) is 9.19. The molecule has 0 aromatic rings. The number of nitrogens with zero attached hydrogens (tertiary/aromatic N) is 1. The van der Waals surface area contributed by atoms with Crippen molar-refractivity contribution in [1.82, 2.24) is 0 Å². The van der Waals surface area contributed by atoms with Gasteiger partial charge in [0.25, 0.3) is 7.82 Å². The third kappa shape index (κ3) is 47.8. The molecule has 63 heavy (non-hydrogen) atoms. The monoisotopic (exact) mass is 916 g/mol. The van der Waals surface area contributed by atoms with Gasteiger partial charge in [0.1, 0.15) is 25.9 Å². The van der Waals surface area contributed by atoms with E-state index in [9.17, 15) is 14.3 Å². The Hall–Kier alpha value is -0.500. The van der Waals surface area contributed by atoms with Crippen LogP contribution < -0.4 is 4.89 Å². The highest BCUT2D eigenvalue weighted by atomic mass is 31.2. The maximum Gasteiger partial charge on any atom is 0.309 e. The van der Waals surface area contributed by atoms with Gasteiger partial charge in [0, 0.05) is 6.61 Å². The van der Waals surface area contributed by atoms with Gasteiger partial charge in [0.15, 0.2) is 0 Å². The van der Waals surface area contributed by atoms with Crippen LogP contribution >= 0.6 is 7.82 Å². The van der Waals surface area contributed by atoms with Crippen LogP contribution in [-0.2, 0) is 27.9 Å². The summed E-state index contributed by atoms with van der Waals surface area (Å²) in [7, 11) is 1.43. The Morgan fingerprint density at radius 3 is 1.10 bits per heavy atom. The van der Waals surface area contributed by atoms with E-state index in [2.05, 4.69) is 20.8 Å². The summed E-state index contributed by atoms with van der Waals surface area (Å²) in [4.78, 5) is 26.4. The lowest BCUT2D eigenvalue weighted by atomic mass is 9.94. The van der Waals surface area contributed by atoms with Gasteiger partial charge in [-0.25, -0.2) is 0 Å². The van der Waals surface area contributed by atoms with E-state index >= 15 is 0 Å². The van der Waals surface area contributed by atoms with Crippen molar-refractivity contribution >= 4 is 13.8 Å². The molecule has 0 fully saturated rings. The van der Waals surface area contributed by atoms with Gasteiger partial charge in [-0.2, -0.15) is 0 Å². The molecule has 0 bridgehead atoms. The molecule has 0 rings (SSSR count). The quantitative estimate of drug-likeness (QED) is 0.0260. The average Bonchev–Trinajstić information content (AvgIpc) is 3.25. The SMILES string of the molecule is CCCCCCCCCCCCCCCCO[C@@H](COC(=O)C(CCCCCCCCCCCCCC)CCCCCCCCCCCCCC)COP(=O)([O-])OCC[N+](C)(C)C. The van der Waals surface area contributed by atoms with Gasteiger partial charge in [0.05, 0.1) is 33.7 Å². The topological polar surface area (TPSA) is 94.1 Å². The van der Waals surface area contributed by atoms with Crippen molar-refractivity contribution in [1.29, 1.82) is 0 Å². The fraction of sp³-hybridized carbons (Fsp3) is 0.981. The highest BCUT2D eigenvalue weighted by Gasteiger charge is 2.23. The first-order chi connectivity index (χ1) is 30.5. The van der Waals surface area contributed by atoms with Crippen LogP contribution in [-0.4, -0.2) is 70.7 Å². The minimum Gasteiger partial charge on any atom is -0.756 e. The molecular formula is C54H110NO7P. The van der Waals surface area contributed by atoms with Crippen molar-refractivity contribution in [3.63, 3.8) is 0 Å². The molecule has 378 valence electrons. The van der Waals surface area contributed by atoms with Crippen molar-refractivity contribution < 1.29 is 37.3 Å². The Balaban J connectivity index is 5.00. The number of phosphoric acid groups is 1. The number of carbonyl (C=O) groups excluding carboxylic acids is 1. The number of likely N-dealkylation sites (N-methyl/N-ethyl adjacent to an activating group) is 1. The summed E-state index contributed by atoms with van der Waals surface area (Å²) in [6, 6.07) is 0. The van der Waals surface area contributed by atoms with Crippen LogP contribution in [0.4, 0.5) is 0 Å². The predicted octanol–water partition coefficient (Wildman–Crippen LogP) is 16.4. The van der Waals surface area contributed by atoms with E-state index in [-0.39, 0.29) is 31.7 Å². The summed E-state index contributed by atoms with van der Waals surface area (Å²) < 4.78 is 35.9. The molecule has 0 heterocycles. The van der Waals surface area contributed by atoms with Gasteiger partial charge in [-0.05, 0) is 19.3 Å². The maximum absolute atomic E-state index is 13.7. The third-order valence-electron chi connectivity index (χ3n) is 12.8. The van der Waals surface area contributed by atoms with Gasteiger partial charge in [-0.3, -0.25) is 9.36 Å². The summed E-state index contributed by atoms with van der Waals surface area (Å²) in [6.07, 6.45) is 50.1. The molecule has 1 unspecified atom stereocenters. The number of esters is 1. The molecule has 0 aromatic heterocycles. The number of unbranched alkanes of at least 4 members (excludes halogenated alkanes) is 35. The Bertz CT molecular complexity index is 964. The molecule has 0 saturated carbocycles. The number of carbonyl (C=O) groups is 1. The summed E-state index contributed by atoms with van der Waals surface area (Å²) in [5.74, 6) is -0.302. The van der Waals surface area contributed by atoms with E-state index in [1.807, 2.05) is 21.1 Å². The molecule has 0 N–H and O–H groups in total. The van der Waals surface area contributed by atoms with E-state index in [0.717, 1.165) is 51.4 Å². The Morgan fingerprint density at radius 2 is 0.762 bits per heavy atom. The number of hydrogen-bond donors (Lipinski definition) is 0. The second-order valence-electron chi connectivity index (χ2n) is 20.4. The summed E-state index contributed by atoms with van der Waals surface area (Å²) in [5, 5.41) is 0. The maximum atomic E-state index is 13.7. The molecule has 8 nitrogen and oxygen atoms in total. The minimum absolute atomic E-state index is 0.0102. The van der Waals surface area contributed by atoms with Crippen molar-refractivity contribution in [2.24, 2.45) is 5.92 Å². The largest absolute Gasteiger partial charge is 0.756 e. The zero-order chi connectivity index (χ0) is 46.4. The van der Waals surface area contributed by atoms with E-state index in [4.69, 9.17) is 18.5 Å². The van der Waals surface area contributed by atoms with Crippen LogP contribution in [0.5, 0.6) is 0 Å². The summed E-state index contributed by atoms with van der Waals surface area (Å²) in [6.45, 7) is 7.65. The minimum atomic E-state index is -4.53. The van der Waals surface area contributed by atoms with Gasteiger partial charge in [-0.1, -0.05) is 258 Å². The number of rotatable bonds is 52. The zero-order valence-corrected chi connectivity index (χ0v) is 44.1. The van der Waals surface area contributed by atoms with Crippen LogP contribution in [0.25, 0.3) is 0 Å². The molecule has 9 heteroatoms. The second kappa shape index (κ2) is 46.6. The Kier molecular flexibility index (Phi) is 46.2. The van der Waals surface area contributed by atoms with Gasteiger partial charge < -0.3 is 27.9 Å². The normalized spacial score (nSPS) is 13.5. The highest BCUT2D eigenvalue weighted by molar-refractivity contribution is 7.45. The lowest BCUT2D eigenvalue weighted by molar-refractivity contribution is -0.870. The van der Waals surface area contributed by atoms with Gasteiger partial charge in [0.2, 0.25) is 0 Å². The molecular weight excluding hydrogens is 806 g/mol. The van der Waals surface area contributed by atoms with Crippen molar-refractivity contribution in [2.45, 2.75) is 284 Å². The number of ether oxygens (including phenoxy) is 2.